The average molecular weight is 343 g/mol. The molecule has 1 aromatic carbocycles. The van der Waals surface area contributed by atoms with Gasteiger partial charge in [-0.2, -0.15) is 0 Å². The highest BCUT2D eigenvalue weighted by Crippen LogP contribution is 2.28. The number of aromatic amines is 1. The summed E-state index contributed by atoms with van der Waals surface area (Å²) in [6, 6.07) is 7.52. The van der Waals surface area contributed by atoms with E-state index in [1.54, 1.807) is 7.11 Å². The van der Waals surface area contributed by atoms with Crippen LogP contribution >= 0.6 is 0 Å². The van der Waals surface area contributed by atoms with E-state index in [2.05, 4.69) is 15.6 Å². The van der Waals surface area contributed by atoms with Gasteiger partial charge in [0.15, 0.2) is 0 Å². The molecule has 1 aromatic heterocycles. The van der Waals surface area contributed by atoms with Crippen molar-refractivity contribution in [2.75, 3.05) is 33.4 Å². The van der Waals surface area contributed by atoms with E-state index in [0.29, 0.717) is 18.7 Å². The molecule has 0 bridgehead atoms. The van der Waals surface area contributed by atoms with Crippen LogP contribution < -0.4 is 16.2 Å². The number of aromatic nitrogens is 1. The van der Waals surface area contributed by atoms with Crippen molar-refractivity contribution < 1.29 is 9.53 Å². The summed E-state index contributed by atoms with van der Waals surface area (Å²) < 4.78 is 5.38. The molecular weight excluding hydrogens is 318 g/mol. The normalized spacial score (nSPS) is 16.7. The second kappa shape index (κ2) is 7.37. The van der Waals surface area contributed by atoms with Crippen molar-refractivity contribution in [1.82, 2.24) is 15.6 Å². The highest BCUT2D eigenvalue weighted by molar-refractivity contribution is 5.99. The van der Waals surface area contributed by atoms with Crippen LogP contribution in [-0.4, -0.2) is 44.2 Å². The first-order valence-corrected chi connectivity index (χ1v) is 8.66. The number of benzene rings is 1. The largest absolute Gasteiger partial charge is 0.384 e. The predicted octanol–water partition coefficient (Wildman–Crippen LogP) is 1.58. The maximum atomic E-state index is 12.7. The summed E-state index contributed by atoms with van der Waals surface area (Å²) >= 11 is 0. The van der Waals surface area contributed by atoms with Crippen LogP contribution in [0, 0.1) is 12.3 Å². The molecule has 1 amide bonds. The first-order valence-electron chi connectivity index (χ1n) is 8.66. The Bertz CT molecular complexity index is 817. The van der Waals surface area contributed by atoms with Gasteiger partial charge in [-0.3, -0.25) is 9.59 Å². The minimum Gasteiger partial charge on any atom is -0.384 e. The maximum Gasteiger partial charge on any atom is 0.261 e. The summed E-state index contributed by atoms with van der Waals surface area (Å²) in [5, 5.41) is 7.20. The third kappa shape index (κ3) is 3.60. The third-order valence-electron chi connectivity index (χ3n) is 5.15. The van der Waals surface area contributed by atoms with Gasteiger partial charge in [0.25, 0.3) is 11.5 Å². The lowest BCUT2D eigenvalue weighted by atomic mass is 9.79. The molecule has 6 nitrogen and oxygen atoms in total. The summed E-state index contributed by atoms with van der Waals surface area (Å²) in [4.78, 5) is 27.9. The van der Waals surface area contributed by atoms with Gasteiger partial charge in [0.05, 0.1) is 6.61 Å². The SMILES string of the molecule is COCC1(CNC(=O)c2c(C)c3ccccc3[nH]c2=O)CCNCC1. The van der Waals surface area contributed by atoms with Crippen LogP contribution in [0.25, 0.3) is 10.9 Å². The van der Waals surface area contributed by atoms with Crippen molar-refractivity contribution in [3.05, 3.63) is 45.7 Å². The fraction of sp³-hybridized carbons (Fsp3) is 0.474. The number of H-pyrrole nitrogens is 1. The van der Waals surface area contributed by atoms with Crippen molar-refractivity contribution in [2.24, 2.45) is 5.41 Å². The van der Waals surface area contributed by atoms with Crippen LogP contribution in [0.1, 0.15) is 28.8 Å². The minimum atomic E-state index is -0.347. The molecule has 0 atom stereocenters. The van der Waals surface area contributed by atoms with Gasteiger partial charge in [0.2, 0.25) is 0 Å². The van der Waals surface area contributed by atoms with Crippen molar-refractivity contribution in [1.29, 1.82) is 0 Å². The molecule has 1 aliphatic rings. The number of hydrogen-bond donors (Lipinski definition) is 3. The van der Waals surface area contributed by atoms with Gasteiger partial charge in [-0.05, 0) is 44.5 Å². The summed E-state index contributed by atoms with van der Waals surface area (Å²) in [5.41, 5.74) is 1.23. The predicted molar refractivity (Wildman–Crippen MR) is 98.1 cm³/mol. The van der Waals surface area contributed by atoms with Crippen molar-refractivity contribution in [3.8, 4) is 0 Å². The number of aryl methyl sites for hydroxylation is 1. The lowest BCUT2D eigenvalue weighted by Gasteiger charge is -2.37. The molecule has 3 N–H and O–H groups in total. The van der Waals surface area contributed by atoms with Gasteiger partial charge in [0, 0.05) is 30.0 Å². The summed E-state index contributed by atoms with van der Waals surface area (Å²) in [6.45, 7) is 4.75. The van der Waals surface area contributed by atoms with E-state index >= 15 is 0 Å². The minimum absolute atomic E-state index is 0.0762. The molecule has 25 heavy (non-hydrogen) atoms. The number of carbonyl (C=O) groups excluding carboxylic acids is 1. The fourth-order valence-electron chi connectivity index (χ4n) is 3.67. The highest BCUT2D eigenvalue weighted by atomic mass is 16.5. The third-order valence-corrected chi connectivity index (χ3v) is 5.15. The number of piperidine rings is 1. The summed E-state index contributed by atoms with van der Waals surface area (Å²) in [6.07, 6.45) is 1.88. The monoisotopic (exact) mass is 343 g/mol. The zero-order chi connectivity index (χ0) is 17.9. The second-order valence-electron chi connectivity index (χ2n) is 6.87. The van der Waals surface area contributed by atoms with Crippen LogP contribution in [0.3, 0.4) is 0 Å². The maximum absolute atomic E-state index is 12.7. The molecule has 1 aliphatic heterocycles. The molecule has 0 aliphatic carbocycles. The Morgan fingerprint density at radius 1 is 1.28 bits per heavy atom. The molecule has 1 saturated heterocycles. The highest BCUT2D eigenvalue weighted by Gasteiger charge is 2.33. The van der Waals surface area contributed by atoms with Crippen molar-refractivity contribution in [2.45, 2.75) is 19.8 Å². The Hall–Kier alpha value is -2.18. The molecule has 1 fully saturated rings. The molecule has 0 radical (unpaired) electrons. The molecule has 134 valence electrons. The van der Waals surface area contributed by atoms with Gasteiger partial charge in [-0.15, -0.1) is 0 Å². The van der Waals surface area contributed by atoms with Gasteiger partial charge in [-0.1, -0.05) is 18.2 Å². The number of pyridine rings is 1. The Labute approximate surface area is 147 Å². The van der Waals surface area contributed by atoms with E-state index in [9.17, 15) is 9.59 Å². The molecule has 2 aromatic rings. The van der Waals surface area contributed by atoms with Gasteiger partial charge >= 0.3 is 0 Å². The zero-order valence-corrected chi connectivity index (χ0v) is 14.8. The standard InChI is InChI=1S/C19H25N3O3/c1-13-14-5-3-4-6-15(14)22-18(24)16(13)17(23)21-11-19(12-25-2)7-9-20-10-8-19/h3-6,20H,7-12H2,1-2H3,(H,21,23)(H,22,24). The van der Waals surface area contributed by atoms with E-state index in [-0.39, 0.29) is 22.4 Å². The molecule has 3 rings (SSSR count). The number of hydrogen-bond acceptors (Lipinski definition) is 4. The van der Waals surface area contributed by atoms with E-state index in [1.165, 1.54) is 0 Å². The fourth-order valence-corrected chi connectivity index (χ4v) is 3.67. The van der Waals surface area contributed by atoms with Gasteiger partial charge in [0.1, 0.15) is 5.56 Å². The van der Waals surface area contributed by atoms with Gasteiger partial charge in [-0.25, -0.2) is 0 Å². The van der Waals surface area contributed by atoms with E-state index < -0.39 is 0 Å². The summed E-state index contributed by atoms with van der Waals surface area (Å²) in [5.74, 6) is -0.321. The van der Waals surface area contributed by atoms with E-state index in [4.69, 9.17) is 4.74 Å². The van der Waals surface area contributed by atoms with Crippen LogP contribution in [0.4, 0.5) is 0 Å². The van der Waals surface area contributed by atoms with E-state index in [1.807, 2.05) is 31.2 Å². The average Bonchev–Trinajstić information content (AvgIpc) is 2.61. The molecule has 2 heterocycles. The zero-order valence-electron chi connectivity index (χ0n) is 14.8. The first kappa shape index (κ1) is 17.6. The second-order valence-corrected chi connectivity index (χ2v) is 6.87. The Morgan fingerprint density at radius 3 is 2.72 bits per heavy atom. The Morgan fingerprint density at radius 2 is 2.00 bits per heavy atom. The van der Waals surface area contributed by atoms with Crippen LogP contribution in [0.15, 0.2) is 29.1 Å². The number of nitrogens with one attached hydrogen (secondary N) is 3. The number of methoxy groups -OCH3 is 1. The summed E-state index contributed by atoms with van der Waals surface area (Å²) in [7, 11) is 1.68. The number of carbonyl (C=O) groups is 1. The number of fused-ring (bicyclic) bond motifs is 1. The van der Waals surface area contributed by atoms with E-state index in [0.717, 1.165) is 36.8 Å². The van der Waals surface area contributed by atoms with Crippen molar-refractivity contribution in [3.63, 3.8) is 0 Å². The smallest absolute Gasteiger partial charge is 0.261 e. The number of para-hydroxylation sites is 1. The molecule has 0 spiro atoms. The molecular formula is C19H25N3O3. The first-order chi connectivity index (χ1) is 12.1. The van der Waals surface area contributed by atoms with Gasteiger partial charge < -0.3 is 20.4 Å². The number of rotatable bonds is 5. The molecule has 0 unspecified atom stereocenters. The van der Waals surface area contributed by atoms with Crippen LogP contribution in [0.5, 0.6) is 0 Å². The van der Waals surface area contributed by atoms with Crippen LogP contribution in [0.2, 0.25) is 0 Å². The Balaban J connectivity index is 1.83. The lowest BCUT2D eigenvalue weighted by molar-refractivity contribution is 0.0511. The quantitative estimate of drug-likeness (QED) is 0.770. The number of ether oxygens (including phenoxy) is 1. The molecule has 6 heteroatoms. The molecule has 0 saturated carbocycles. The Kier molecular flexibility index (Phi) is 5.20. The number of amides is 1. The van der Waals surface area contributed by atoms with Crippen molar-refractivity contribution >= 4 is 16.8 Å². The lowest BCUT2D eigenvalue weighted by Crippen LogP contribution is -2.47. The topological polar surface area (TPSA) is 83.2 Å². The van der Waals surface area contributed by atoms with Crippen LogP contribution in [-0.2, 0) is 4.74 Å².